The molecule has 0 saturated carbocycles. The maximum absolute atomic E-state index is 13.2. The number of hydrogen-bond acceptors (Lipinski definition) is 5. The fraction of sp³-hybridized carbons (Fsp3) is 0.0833. The zero-order valence-electron chi connectivity index (χ0n) is 15.9. The van der Waals surface area contributed by atoms with Crippen molar-refractivity contribution in [2.45, 2.75) is 12.5 Å². The molecule has 1 N–H and O–H groups in total. The van der Waals surface area contributed by atoms with Crippen LogP contribution in [0.3, 0.4) is 0 Å². The molecule has 4 aromatic rings. The lowest BCUT2D eigenvalue weighted by Gasteiger charge is -2.27. The topological polar surface area (TPSA) is 60.5 Å². The predicted octanol–water partition coefficient (Wildman–Crippen LogP) is 5.49. The third-order valence-electron chi connectivity index (χ3n) is 4.95. The van der Waals surface area contributed by atoms with Crippen molar-refractivity contribution >= 4 is 17.2 Å². The highest BCUT2D eigenvalue weighted by molar-refractivity contribution is 7.11. The molecule has 1 aliphatic heterocycles. The average Bonchev–Trinajstić information content (AvgIpc) is 3.30. The van der Waals surface area contributed by atoms with Crippen LogP contribution in [0.25, 0.3) is 0 Å². The van der Waals surface area contributed by atoms with Crippen molar-refractivity contribution in [2.75, 3.05) is 0 Å². The van der Waals surface area contributed by atoms with Gasteiger partial charge in [-0.2, -0.15) is 0 Å². The fourth-order valence-corrected chi connectivity index (χ4v) is 4.02. The molecule has 1 amide bonds. The number of fused-ring (bicyclic) bond motifs is 2. The molecule has 0 bridgehead atoms. The summed E-state index contributed by atoms with van der Waals surface area (Å²) in [5.74, 6) is 1.70. The van der Waals surface area contributed by atoms with Gasteiger partial charge in [-0.25, -0.2) is 4.98 Å². The van der Waals surface area contributed by atoms with Gasteiger partial charge in [-0.3, -0.25) is 4.79 Å². The van der Waals surface area contributed by atoms with Gasteiger partial charge in [0.1, 0.15) is 17.2 Å². The second-order valence-electron chi connectivity index (χ2n) is 6.87. The van der Waals surface area contributed by atoms with E-state index in [0.29, 0.717) is 17.5 Å². The Morgan fingerprint density at radius 1 is 0.967 bits per heavy atom. The van der Waals surface area contributed by atoms with Crippen LogP contribution in [0.5, 0.6) is 22.4 Å². The molecule has 6 heteroatoms. The molecule has 1 aromatic heterocycles. The van der Waals surface area contributed by atoms with Gasteiger partial charge < -0.3 is 14.8 Å². The number of benzene rings is 3. The number of ether oxygens (including phenoxy) is 2. The molecule has 1 aliphatic rings. The largest absolute Gasteiger partial charge is 0.457 e. The predicted molar refractivity (Wildman–Crippen MR) is 115 cm³/mol. The van der Waals surface area contributed by atoms with Crippen molar-refractivity contribution in [2.24, 2.45) is 0 Å². The fourth-order valence-electron chi connectivity index (χ4n) is 3.52. The molecule has 148 valence electrons. The van der Waals surface area contributed by atoms with Gasteiger partial charge >= 0.3 is 0 Å². The summed E-state index contributed by atoms with van der Waals surface area (Å²) in [5, 5.41) is 5.54. The van der Waals surface area contributed by atoms with Crippen molar-refractivity contribution in [1.29, 1.82) is 0 Å². The van der Waals surface area contributed by atoms with Gasteiger partial charge in [0.05, 0.1) is 5.92 Å². The highest BCUT2D eigenvalue weighted by Crippen LogP contribution is 2.43. The Kier molecular flexibility index (Phi) is 4.91. The number of carbonyl (C=O) groups is 1. The van der Waals surface area contributed by atoms with E-state index in [1.54, 1.807) is 6.20 Å². The highest BCUT2D eigenvalue weighted by atomic mass is 32.1. The number of rotatable bonds is 5. The van der Waals surface area contributed by atoms with Gasteiger partial charge in [0.2, 0.25) is 5.91 Å². The Morgan fingerprint density at radius 3 is 2.27 bits per heavy atom. The molecule has 0 spiro atoms. The summed E-state index contributed by atoms with van der Waals surface area (Å²) in [4.78, 5) is 17.3. The number of aromatic nitrogens is 1. The lowest BCUT2D eigenvalue weighted by molar-refractivity contribution is -0.122. The van der Waals surface area contributed by atoms with E-state index in [-0.39, 0.29) is 5.91 Å². The molecule has 0 fully saturated rings. The summed E-state index contributed by atoms with van der Waals surface area (Å²) in [7, 11) is 0. The molecular formula is C24H18N2O3S. The van der Waals surface area contributed by atoms with Crippen LogP contribution in [0.2, 0.25) is 0 Å². The number of amides is 1. The van der Waals surface area contributed by atoms with Crippen molar-refractivity contribution in [3.63, 3.8) is 0 Å². The summed E-state index contributed by atoms with van der Waals surface area (Å²) in [6.07, 6.45) is 1.70. The molecule has 0 atom stereocenters. The molecule has 5 nitrogen and oxygen atoms in total. The van der Waals surface area contributed by atoms with Gasteiger partial charge in [-0.15, -0.1) is 0 Å². The lowest BCUT2D eigenvalue weighted by atomic mass is 9.87. The van der Waals surface area contributed by atoms with Crippen molar-refractivity contribution in [3.05, 3.63) is 101 Å². The maximum Gasteiger partial charge on any atom is 0.278 e. The van der Waals surface area contributed by atoms with E-state index in [0.717, 1.165) is 28.2 Å². The van der Waals surface area contributed by atoms with E-state index >= 15 is 0 Å². The molecule has 2 heterocycles. The molecule has 0 unspecified atom stereocenters. The standard InChI is InChI=1S/C24H18N2O3S/c27-23(26-15-16-9-11-17(12-10-16)28-24-25-13-14-30-24)22-18-5-1-3-7-20(18)29-21-8-4-2-6-19(21)22/h1-14,22H,15H2,(H,26,27). The summed E-state index contributed by atoms with van der Waals surface area (Å²) in [5.41, 5.74) is 2.74. The van der Waals surface area contributed by atoms with Crippen molar-refractivity contribution in [1.82, 2.24) is 10.3 Å². The van der Waals surface area contributed by atoms with Gasteiger partial charge in [0, 0.05) is 29.2 Å². The monoisotopic (exact) mass is 414 g/mol. The van der Waals surface area contributed by atoms with Crippen LogP contribution in [0.15, 0.2) is 84.4 Å². The summed E-state index contributed by atoms with van der Waals surface area (Å²) < 4.78 is 11.7. The molecule has 5 rings (SSSR count). The van der Waals surface area contributed by atoms with E-state index in [1.807, 2.05) is 78.2 Å². The summed E-state index contributed by atoms with van der Waals surface area (Å²) in [6, 6.07) is 23.0. The Morgan fingerprint density at radius 2 is 1.63 bits per heavy atom. The number of nitrogens with zero attached hydrogens (tertiary/aromatic N) is 1. The van der Waals surface area contributed by atoms with Gasteiger partial charge in [0.25, 0.3) is 5.19 Å². The van der Waals surface area contributed by atoms with E-state index in [9.17, 15) is 4.79 Å². The number of thiazole rings is 1. The van der Waals surface area contributed by atoms with Crippen LogP contribution >= 0.6 is 11.3 Å². The maximum atomic E-state index is 13.2. The minimum atomic E-state index is -0.404. The lowest BCUT2D eigenvalue weighted by Crippen LogP contribution is -2.31. The van der Waals surface area contributed by atoms with Crippen LogP contribution in [0.1, 0.15) is 22.6 Å². The minimum Gasteiger partial charge on any atom is -0.457 e. The van der Waals surface area contributed by atoms with Crippen LogP contribution < -0.4 is 14.8 Å². The second-order valence-corrected chi connectivity index (χ2v) is 7.73. The van der Waals surface area contributed by atoms with E-state index in [1.165, 1.54) is 11.3 Å². The highest BCUT2D eigenvalue weighted by Gasteiger charge is 2.32. The third-order valence-corrected chi connectivity index (χ3v) is 5.60. The van der Waals surface area contributed by atoms with Crippen molar-refractivity contribution in [3.8, 4) is 22.4 Å². The van der Waals surface area contributed by atoms with Crippen LogP contribution in [0.4, 0.5) is 0 Å². The zero-order chi connectivity index (χ0) is 20.3. The summed E-state index contributed by atoms with van der Waals surface area (Å²) >= 11 is 1.44. The van der Waals surface area contributed by atoms with Crippen molar-refractivity contribution < 1.29 is 14.3 Å². The molecular weight excluding hydrogens is 396 g/mol. The van der Waals surface area contributed by atoms with E-state index in [2.05, 4.69) is 10.3 Å². The quantitative estimate of drug-likeness (QED) is 0.469. The molecule has 0 radical (unpaired) electrons. The van der Waals surface area contributed by atoms with Gasteiger partial charge in [0.15, 0.2) is 0 Å². The Labute approximate surface area is 177 Å². The van der Waals surface area contributed by atoms with Crippen LogP contribution in [-0.2, 0) is 11.3 Å². The molecule has 0 aliphatic carbocycles. The average molecular weight is 414 g/mol. The molecule has 3 aromatic carbocycles. The minimum absolute atomic E-state index is 0.0543. The van der Waals surface area contributed by atoms with E-state index in [4.69, 9.17) is 9.47 Å². The summed E-state index contributed by atoms with van der Waals surface area (Å²) in [6.45, 7) is 0.429. The first-order valence-electron chi connectivity index (χ1n) is 9.57. The smallest absolute Gasteiger partial charge is 0.278 e. The zero-order valence-corrected chi connectivity index (χ0v) is 16.8. The van der Waals surface area contributed by atoms with Gasteiger partial charge in [-0.05, 0) is 29.8 Å². The number of carbonyl (C=O) groups excluding carboxylic acids is 1. The number of hydrogen-bond donors (Lipinski definition) is 1. The Bertz CT molecular complexity index is 1130. The normalized spacial score (nSPS) is 12.4. The third kappa shape index (κ3) is 3.65. The molecule has 0 saturated heterocycles. The first-order chi connectivity index (χ1) is 14.8. The van der Waals surface area contributed by atoms with Gasteiger partial charge in [-0.1, -0.05) is 59.9 Å². The molecule has 30 heavy (non-hydrogen) atoms. The second kappa shape index (κ2) is 8.00. The Hall–Kier alpha value is -3.64. The number of para-hydroxylation sites is 2. The van der Waals surface area contributed by atoms with Crippen LogP contribution in [-0.4, -0.2) is 10.9 Å². The van der Waals surface area contributed by atoms with E-state index < -0.39 is 5.92 Å². The van der Waals surface area contributed by atoms with Crippen LogP contribution in [0, 0.1) is 0 Å². The SMILES string of the molecule is O=C(NCc1ccc(Oc2nccs2)cc1)C1c2ccccc2Oc2ccccc21. The number of nitrogens with one attached hydrogen (secondary N) is 1. The first kappa shape index (κ1) is 18.4. The Balaban J connectivity index is 1.31. The first-order valence-corrected chi connectivity index (χ1v) is 10.5.